The average Bonchev–Trinajstić information content (AvgIpc) is 2.80. The SMILES string of the molecule is O=C(Nc1ccc(S(=O)(=O)N2CCN(c3cccc(Cl)c3)CC2)cc1F)c1ccc(Cl)cc1Cl. The summed E-state index contributed by atoms with van der Waals surface area (Å²) in [6, 6.07) is 15.0. The van der Waals surface area contributed by atoms with Crippen molar-refractivity contribution in [3.05, 3.63) is 87.1 Å². The van der Waals surface area contributed by atoms with Crippen LogP contribution in [0.5, 0.6) is 0 Å². The van der Waals surface area contributed by atoms with E-state index in [9.17, 15) is 17.6 Å². The number of benzene rings is 3. The van der Waals surface area contributed by atoms with E-state index in [1.165, 1.54) is 34.6 Å². The van der Waals surface area contributed by atoms with Crippen LogP contribution in [0.1, 0.15) is 10.4 Å². The minimum atomic E-state index is -3.92. The lowest BCUT2D eigenvalue weighted by atomic mass is 10.2. The predicted molar refractivity (Wildman–Crippen MR) is 133 cm³/mol. The number of sulfonamides is 1. The Kier molecular flexibility index (Phi) is 7.35. The van der Waals surface area contributed by atoms with Gasteiger partial charge in [-0.15, -0.1) is 0 Å². The highest BCUT2D eigenvalue weighted by molar-refractivity contribution is 7.89. The van der Waals surface area contributed by atoms with E-state index in [0.29, 0.717) is 23.1 Å². The maximum Gasteiger partial charge on any atom is 0.257 e. The van der Waals surface area contributed by atoms with E-state index < -0.39 is 21.7 Å². The number of hydrogen-bond acceptors (Lipinski definition) is 4. The lowest BCUT2D eigenvalue weighted by Gasteiger charge is -2.35. The second kappa shape index (κ2) is 10.1. The van der Waals surface area contributed by atoms with E-state index in [1.54, 1.807) is 6.07 Å². The largest absolute Gasteiger partial charge is 0.369 e. The molecule has 1 aliphatic rings. The summed E-state index contributed by atoms with van der Waals surface area (Å²) in [7, 11) is -3.92. The van der Waals surface area contributed by atoms with Gasteiger partial charge < -0.3 is 10.2 Å². The summed E-state index contributed by atoms with van der Waals surface area (Å²) in [6.45, 7) is 1.42. The summed E-state index contributed by atoms with van der Waals surface area (Å²) in [5.74, 6) is -1.52. The van der Waals surface area contributed by atoms with E-state index in [0.717, 1.165) is 11.8 Å². The van der Waals surface area contributed by atoms with Gasteiger partial charge in [0.2, 0.25) is 10.0 Å². The van der Waals surface area contributed by atoms with Gasteiger partial charge in [0.1, 0.15) is 5.82 Å². The molecular weight excluding hydrogens is 524 g/mol. The van der Waals surface area contributed by atoms with Crippen molar-refractivity contribution in [1.29, 1.82) is 0 Å². The topological polar surface area (TPSA) is 69.7 Å². The van der Waals surface area contributed by atoms with E-state index >= 15 is 0 Å². The van der Waals surface area contributed by atoms with Gasteiger partial charge in [-0.2, -0.15) is 4.31 Å². The van der Waals surface area contributed by atoms with E-state index in [-0.39, 0.29) is 34.3 Å². The van der Waals surface area contributed by atoms with Gasteiger partial charge in [0, 0.05) is 41.9 Å². The number of piperazine rings is 1. The highest BCUT2D eigenvalue weighted by atomic mass is 35.5. The lowest BCUT2D eigenvalue weighted by molar-refractivity contribution is 0.102. The Bertz CT molecular complexity index is 1350. The Hall–Kier alpha value is -2.36. The molecule has 0 spiro atoms. The number of hydrogen-bond donors (Lipinski definition) is 1. The Labute approximate surface area is 211 Å². The van der Waals surface area contributed by atoms with Crippen molar-refractivity contribution in [2.75, 3.05) is 36.4 Å². The second-order valence-corrected chi connectivity index (χ2v) is 10.8. The van der Waals surface area contributed by atoms with Crippen molar-refractivity contribution in [2.45, 2.75) is 4.90 Å². The van der Waals surface area contributed by atoms with E-state index in [4.69, 9.17) is 34.8 Å². The molecule has 6 nitrogen and oxygen atoms in total. The molecule has 1 aliphatic heterocycles. The van der Waals surface area contributed by atoms with Crippen LogP contribution in [0.2, 0.25) is 15.1 Å². The molecule has 3 aromatic rings. The number of halogens is 4. The molecule has 4 rings (SSSR count). The van der Waals surface area contributed by atoms with Crippen LogP contribution >= 0.6 is 34.8 Å². The number of anilines is 2. The van der Waals surface area contributed by atoms with E-state index in [1.807, 2.05) is 23.1 Å². The van der Waals surface area contributed by atoms with Crippen LogP contribution < -0.4 is 10.2 Å². The zero-order valence-electron chi connectivity index (χ0n) is 17.6. The Morgan fingerprint density at radius 2 is 1.59 bits per heavy atom. The molecule has 1 saturated heterocycles. The van der Waals surface area contributed by atoms with Crippen molar-refractivity contribution in [3.8, 4) is 0 Å². The van der Waals surface area contributed by atoms with Crippen LogP contribution in [0.3, 0.4) is 0 Å². The van der Waals surface area contributed by atoms with Gasteiger partial charge in [-0.25, -0.2) is 12.8 Å². The molecule has 178 valence electrons. The summed E-state index contributed by atoms with van der Waals surface area (Å²) in [6.07, 6.45) is 0. The molecule has 34 heavy (non-hydrogen) atoms. The maximum absolute atomic E-state index is 14.7. The maximum atomic E-state index is 14.7. The molecule has 0 unspecified atom stereocenters. The third-order valence-electron chi connectivity index (χ3n) is 5.41. The molecule has 1 amide bonds. The fourth-order valence-electron chi connectivity index (χ4n) is 3.63. The molecule has 0 bridgehead atoms. The minimum Gasteiger partial charge on any atom is -0.369 e. The van der Waals surface area contributed by atoms with Crippen LogP contribution in [0, 0.1) is 5.82 Å². The van der Waals surface area contributed by atoms with Gasteiger partial charge in [-0.05, 0) is 54.6 Å². The van der Waals surface area contributed by atoms with Gasteiger partial charge in [0.25, 0.3) is 5.91 Å². The minimum absolute atomic E-state index is 0.111. The first-order valence-corrected chi connectivity index (χ1v) is 12.8. The predicted octanol–water partition coefficient (Wildman–Crippen LogP) is 5.55. The fraction of sp³-hybridized carbons (Fsp3) is 0.174. The second-order valence-electron chi connectivity index (χ2n) is 7.59. The normalized spacial score (nSPS) is 14.8. The van der Waals surface area contributed by atoms with Gasteiger partial charge in [-0.3, -0.25) is 4.79 Å². The van der Waals surface area contributed by atoms with Crippen molar-refractivity contribution in [1.82, 2.24) is 4.31 Å². The zero-order valence-corrected chi connectivity index (χ0v) is 20.7. The molecule has 0 atom stereocenters. The summed E-state index contributed by atoms with van der Waals surface area (Å²) in [5, 5.41) is 3.48. The molecule has 0 radical (unpaired) electrons. The van der Waals surface area contributed by atoms with E-state index in [2.05, 4.69) is 5.32 Å². The van der Waals surface area contributed by atoms with Crippen LogP contribution in [0.15, 0.2) is 65.6 Å². The number of nitrogens with one attached hydrogen (secondary N) is 1. The standard InChI is InChI=1S/C23H19Cl3FN3O3S/c24-15-2-1-3-17(12-15)29-8-10-30(11-9-29)34(32,33)18-5-7-22(21(27)14-18)28-23(31)19-6-4-16(25)13-20(19)26/h1-7,12-14H,8-11H2,(H,28,31). The molecule has 0 aliphatic carbocycles. The Balaban J connectivity index is 1.46. The summed E-state index contributed by atoms with van der Waals surface area (Å²) in [5.41, 5.74) is 0.858. The fourth-order valence-corrected chi connectivity index (χ4v) is 5.74. The smallest absolute Gasteiger partial charge is 0.257 e. The van der Waals surface area contributed by atoms with Crippen molar-refractivity contribution in [2.24, 2.45) is 0 Å². The van der Waals surface area contributed by atoms with Crippen molar-refractivity contribution < 1.29 is 17.6 Å². The third kappa shape index (κ3) is 5.31. The molecule has 0 saturated carbocycles. The number of nitrogens with zero attached hydrogens (tertiary/aromatic N) is 2. The third-order valence-corrected chi connectivity index (χ3v) is 8.09. The number of carbonyl (C=O) groups excluding carboxylic acids is 1. The molecule has 11 heteroatoms. The van der Waals surface area contributed by atoms with Crippen LogP contribution in [0.4, 0.5) is 15.8 Å². The lowest BCUT2D eigenvalue weighted by Crippen LogP contribution is -2.48. The Morgan fingerprint density at radius 1 is 0.882 bits per heavy atom. The van der Waals surface area contributed by atoms with Crippen molar-refractivity contribution in [3.63, 3.8) is 0 Å². The highest BCUT2D eigenvalue weighted by Crippen LogP contribution is 2.27. The summed E-state index contributed by atoms with van der Waals surface area (Å²) in [4.78, 5) is 14.3. The summed E-state index contributed by atoms with van der Waals surface area (Å²) < 4.78 is 42.2. The molecular formula is C23H19Cl3FN3O3S. The summed E-state index contributed by atoms with van der Waals surface area (Å²) >= 11 is 17.9. The van der Waals surface area contributed by atoms with Gasteiger partial charge >= 0.3 is 0 Å². The molecule has 1 fully saturated rings. The van der Waals surface area contributed by atoms with Crippen molar-refractivity contribution >= 4 is 62.1 Å². The van der Waals surface area contributed by atoms with Crippen LogP contribution in [0.25, 0.3) is 0 Å². The first-order chi connectivity index (χ1) is 16.1. The number of rotatable bonds is 5. The van der Waals surface area contributed by atoms with Gasteiger partial charge in [-0.1, -0.05) is 40.9 Å². The molecule has 0 aromatic heterocycles. The molecule has 1 heterocycles. The average molecular weight is 543 g/mol. The highest BCUT2D eigenvalue weighted by Gasteiger charge is 2.29. The quantitative estimate of drug-likeness (QED) is 0.459. The van der Waals surface area contributed by atoms with Crippen LogP contribution in [-0.4, -0.2) is 44.8 Å². The van der Waals surface area contributed by atoms with Crippen LogP contribution in [-0.2, 0) is 10.0 Å². The van der Waals surface area contributed by atoms with Gasteiger partial charge in [0.15, 0.2) is 0 Å². The first-order valence-electron chi connectivity index (χ1n) is 10.2. The monoisotopic (exact) mass is 541 g/mol. The Morgan fingerprint density at radius 3 is 2.24 bits per heavy atom. The number of amides is 1. The first kappa shape index (κ1) is 24.8. The number of carbonyl (C=O) groups is 1. The zero-order chi connectivity index (χ0) is 24.5. The molecule has 1 N–H and O–H groups in total. The van der Waals surface area contributed by atoms with Gasteiger partial charge in [0.05, 0.1) is 21.2 Å². The molecule has 3 aromatic carbocycles.